The second-order valence-corrected chi connectivity index (χ2v) is 5.17. The SMILES string of the molecule is Cc1noc(C)c1C(C)NC(=O)C1(C(=O)O)CCC1. The maximum atomic E-state index is 12.2. The van der Waals surface area contributed by atoms with Gasteiger partial charge in [0.1, 0.15) is 11.2 Å². The van der Waals surface area contributed by atoms with Gasteiger partial charge in [-0.15, -0.1) is 0 Å². The molecule has 19 heavy (non-hydrogen) atoms. The lowest BCUT2D eigenvalue weighted by molar-refractivity contribution is -0.162. The number of aromatic nitrogens is 1. The summed E-state index contributed by atoms with van der Waals surface area (Å²) in [5.74, 6) is -0.816. The van der Waals surface area contributed by atoms with Gasteiger partial charge in [-0.05, 0) is 33.6 Å². The summed E-state index contributed by atoms with van der Waals surface area (Å²) in [6.07, 6.45) is 1.59. The third-order valence-electron chi connectivity index (χ3n) is 3.92. The molecule has 1 fully saturated rings. The van der Waals surface area contributed by atoms with Crippen molar-refractivity contribution in [2.45, 2.75) is 46.1 Å². The highest BCUT2D eigenvalue weighted by Crippen LogP contribution is 2.42. The van der Waals surface area contributed by atoms with Gasteiger partial charge >= 0.3 is 5.97 Å². The quantitative estimate of drug-likeness (QED) is 0.809. The minimum absolute atomic E-state index is 0.310. The Labute approximate surface area is 111 Å². The van der Waals surface area contributed by atoms with Crippen LogP contribution in [0.15, 0.2) is 4.52 Å². The molecule has 0 saturated heterocycles. The van der Waals surface area contributed by atoms with Gasteiger partial charge in [-0.2, -0.15) is 0 Å². The maximum Gasteiger partial charge on any atom is 0.319 e. The first-order chi connectivity index (χ1) is 8.88. The van der Waals surface area contributed by atoms with Crippen molar-refractivity contribution in [3.63, 3.8) is 0 Å². The monoisotopic (exact) mass is 266 g/mol. The predicted octanol–water partition coefficient (Wildman–Crippen LogP) is 1.72. The normalized spacial score (nSPS) is 18.5. The zero-order valence-corrected chi connectivity index (χ0v) is 11.3. The van der Waals surface area contributed by atoms with Crippen molar-refractivity contribution in [3.8, 4) is 0 Å². The molecular weight excluding hydrogens is 248 g/mol. The van der Waals surface area contributed by atoms with Crippen molar-refractivity contribution in [2.24, 2.45) is 5.41 Å². The Morgan fingerprint density at radius 3 is 2.42 bits per heavy atom. The molecule has 2 rings (SSSR count). The average molecular weight is 266 g/mol. The van der Waals surface area contributed by atoms with Crippen LogP contribution in [0.2, 0.25) is 0 Å². The van der Waals surface area contributed by atoms with Gasteiger partial charge in [0.15, 0.2) is 0 Å². The van der Waals surface area contributed by atoms with Gasteiger partial charge in [0.2, 0.25) is 5.91 Å². The number of aryl methyl sites for hydroxylation is 2. The molecule has 0 aromatic carbocycles. The first kappa shape index (κ1) is 13.6. The molecule has 1 heterocycles. The van der Waals surface area contributed by atoms with E-state index in [0.717, 1.165) is 12.0 Å². The lowest BCUT2D eigenvalue weighted by Gasteiger charge is -2.36. The molecule has 1 amide bonds. The maximum absolute atomic E-state index is 12.2. The number of carbonyl (C=O) groups is 2. The molecule has 6 heteroatoms. The van der Waals surface area contributed by atoms with Crippen LogP contribution in [0.25, 0.3) is 0 Å². The third-order valence-corrected chi connectivity index (χ3v) is 3.92. The van der Waals surface area contributed by atoms with Crippen LogP contribution in [0, 0.1) is 19.3 Å². The lowest BCUT2D eigenvalue weighted by atomic mass is 9.68. The minimum atomic E-state index is -1.24. The second kappa shape index (κ2) is 4.68. The summed E-state index contributed by atoms with van der Waals surface area (Å²) >= 11 is 0. The van der Waals surface area contributed by atoms with E-state index in [1.807, 2.05) is 0 Å². The van der Waals surface area contributed by atoms with E-state index in [2.05, 4.69) is 10.5 Å². The molecule has 0 bridgehead atoms. The van der Waals surface area contributed by atoms with Crippen molar-refractivity contribution in [1.82, 2.24) is 10.5 Å². The smallest absolute Gasteiger partial charge is 0.319 e. The Kier molecular flexibility index (Phi) is 3.34. The molecule has 0 spiro atoms. The van der Waals surface area contributed by atoms with Gasteiger partial charge in [0, 0.05) is 5.56 Å². The molecule has 6 nitrogen and oxygen atoms in total. The summed E-state index contributed by atoms with van der Waals surface area (Å²) < 4.78 is 5.05. The highest BCUT2D eigenvalue weighted by Gasteiger charge is 2.51. The fourth-order valence-corrected chi connectivity index (χ4v) is 2.58. The Bertz CT molecular complexity index is 497. The summed E-state index contributed by atoms with van der Waals surface area (Å²) in [4.78, 5) is 23.4. The van der Waals surface area contributed by atoms with Gasteiger partial charge < -0.3 is 14.9 Å². The third kappa shape index (κ3) is 2.11. The molecule has 1 atom stereocenters. The van der Waals surface area contributed by atoms with E-state index in [0.29, 0.717) is 24.3 Å². The van der Waals surface area contributed by atoms with E-state index in [4.69, 9.17) is 4.52 Å². The first-order valence-electron chi connectivity index (χ1n) is 6.35. The molecule has 0 radical (unpaired) electrons. The number of hydrogen-bond acceptors (Lipinski definition) is 4. The molecule has 1 aromatic rings. The Morgan fingerprint density at radius 2 is 2.05 bits per heavy atom. The van der Waals surface area contributed by atoms with Crippen molar-refractivity contribution in [3.05, 3.63) is 17.0 Å². The molecular formula is C13H18N2O4. The van der Waals surface area contributed by atoms with E-state index < -0.39 is 17.3 Å². The fraction of sp³-hybridized carbons (Fsp3) is 0.615. The van der Waals surface area contributed by atoms with Crippen LogP contribution >= 0.6 is 0 Å². The van der Waals surface area contributed by atoms with Crippen molar-refractivity contribution < 1.29 is 19.2 Å². The molecule has 0 aliphatic heterocycles. The van der Waals surface area contributed by atoms with E-state index >= 15 is 0 Å². The topological polar surface area (TPSA) is 92.4 Å². The van der Waals surface area contributed by atoms with E-state index in [9.17, 15) is 14.7 Å². The van der Waals surface area contributed by atoms with Crippen LogP contribution in [0.1, 0.15) is 49.2 Å². The molecule has 104 valence electrons. The molecule has 1 aromatic heterocycles. The van der Waals surface area contributed by atoms with Crippen LogP contribution in [-0.4, -0.2) is 22.1 Å². The molecule has 1 aliphatic rings. The molecule has 2 N–H and O–H groups in total. The van der Waals surface area contributed by atoms with Crippen LogP contribution in [0.4, 0.5) is 0 Å². The summed E-state index contributed by atoms with van der Waals surface area (Å²) in [6, 6.07) is -0.310. The van der Waals surface area contributed by atoms with Crippen molar-refractivity contribution in [2.75, 3.05) is 0 Å². The Morgan fingerprint density at radius 1 is 1.42 bits per heavy atom. The van der Waals surface area contributed by atoms with Gasteiger partial charge in [-0.3, -0.25) is 9.59 Å². The number of nitrogens with zero attached hydrogens (tertiary/aromatic N) is 1. The number of hydrogen-bond donors (Lipinski definition) is 2. The van der Waals surface area contributed by atoms with E-state index in [1.165, 1.54) is 0 Å². The molecule has 1 saturated carbocycles. The van der Waals surface area contributed by atoms with Crippen molar-refractivity contribution >= 4 is 11.9 Å². The zero-order chi connectivity index (χ0) is 14.2. The van der Waals surface area contributed by atoms with E-state index in [1.54, 1.807) is 20.8 Å². The number of carbonyl (C=O) groups excluding carboxylic acids is 1. The summed E-state index contributed by atoms with van der Waals surface area (Å²) in [7, 11) is 0. The van der Waals surface area contributed by atoms with Gasteiger partial charge in [0.05, 0.1) is 11.7 Å². The number of aliphatic carboxylic acids is 1. The highest BCUT2D eigenvalue weighted by molar-refractivity contribution is 6.02. The number of amides is 1. The van der Waals surface area contributed by atoms with Crippen molar-refractivity contribution in [1.29, 1.82) is 0 Å². The largest absolute Gasteiger partial charge is 0.480 e. The number of carboxylic acid groups (broad SMARTS) is 1. The fourth-order valence-electron chi connectivity index (χ4n) is 2.58. The molecule has 1 aliphatic carbocycles. The van der Waals surface area contributed by atoms with Crippen LogP contribution in [-0.2, 0) is 9.59 Å². The van der Waals surface area contributed by atoms with Gasteiger partial charge in [-0.25, -0.2) is 0 Å². The van der Waals surface area contributed by atoms with Crippen LogP contribution < -0.4 is 5.32 Å². The number of nitrogens with one attached hydrogen (secondary N) is 1. The minimum Gasteiger partial charge on any atom is -0.480 e. The number of rotatable bonds is 4. The van der Waals surface area contributed by atoms with Gasteiger partial charge in [-0.1, -0.05) is 11.6 Å². The summed E-state index contributed by atoms with van der Waals surface area (Å²) in [5.41, 5.74) is 0.282. The second-order valence-electron chi connectivity index (χ2n) is 5.17. The highest BCUT2D eigenvalue weighted by atomic mass is 16.5. The summed E-state index contributed by atoms with van der Waals surface area (Å²) in [5, 5.41) is 15.8. The Hall–Kier alpha value is -1.85. The predicted molar refractivity (Wildman–Crippen MR) is 66.5 cm³/mol. The van der Waals surface area contributed by atoms with Crippen LogP contribution in [0.5, 0.6) is 0 Å². The standard InChI is InChI=1S/C13H18N2O4/c1-7(10-8(2)15-19-9(10)3)14-11(16)13(12(17)18)5-4-6-13/h7H,4-6H2,1-3H3,(H,14,16)(H,17,18). The molecule has 1 unspecified atom stereocenters. The number of carboxylic acids is 1. The zero-order valence-electron chi connectivity index (χ0n) is 11.3. The summed E-state index contributed by atoms with van der Waals surface area (Å²) in [6.45, 7) is 5.37. The van der Waals surface area contributed by atoms with Crippen LogP contribution in [0.3, 0.4) is 0 Å². The average Bonchev–Trinajstić information content (AvgIpc) is 2.55. The van der Waals surface area contributed by atoms with Gasteiger partial charge in [0.25, 0.3) is 0 Å². The lowest BCUT2D eigenvalue weighted by Crippen LogP contribution is -2.51. The Balaban J connectivity index is 2.13. The first-order valence-corrected chi connectivity index (χ1v) is 6.35. The van der Waals surface area contributed by atoms with E-state index in [-0.39, 0.29) is 6.04 Å².